The number of pyridine rings is 1. The number of nitrogens with one attached hydrogen (secondary N) is 3. The van der Waals surface area contributed by atoms with Crippen molar-refractivity contribution in [2.75, 3.05) is 46.5 Å². The molecule has 0 spiro atoms. The fourth-order valence-electron chi connectivity index (χ4n) is 5.17. The number of aromatic nitrogens is 1. The highest BCUT2D eigenvalue weighted by molar-refractivity contribution is 5.95. The zero-order valence-corrected chi connectivity index (χ0v) is 24.6. The van der Waals surface area contributed by atoms with Crippen molar-refractivity contribution in [1.29, 1.82) is 0 Å². The molecule has 3 heterocycles. The van der Waals surface area contributed by atoms with E-state index in [2.05, 4.69) is 25.8 Å². The Hall–Kier alpha value is -4.19. The second kappa shape index (κ2) is 14.8. The van der Waals surface area contributed by atoms with Gasteiger partial charge in [-0.1, -0.05) is 18.2 Å². The van der Waals surface area contributed by atoms with E-state index in [1.807, 2.05) is 49.4 Å². The number of urea groups is 1. The minimum absolute atomic E-state index is 0.175. The fraction of sp³-hybridized carbons (Fsp3) is 0.406. The van der Waals surface area contributed by atoms with Crippen molar-refractivity contribution in [3.63, 3.8) is 0 Å². The zero-order chi connectivity index (χ0) is 30.0. The predicted octanol–water partition coefficient (Wildman–Crippen LogP) is 3.41. The SMILES string of the molecule is COCCOc1cc2cc(c1)C(=O)NCCNC(=O)N[C@H]1CCN(Cc3cccc(C)n3)C[C@@H]1OCc1cccc(c1)O2. The monoisotopic (exact) mass is 589 g/mol. The van der Waals surface area contributed by atoms with Crippen LogP contribution in [0.15, 0.2) is 60.7 Å². The van der Waals surface area contributed by atoms with E-state index in [1.54, 1.807) is 25.3 Å². The second-order valence-electron chi connectivity index (χ2n) is 10.7. The van der Waals surface area contributed by atoms with Gasteiger partial charge in [-0.05, 0) is 55.3 Å². The van der Waals surface area contributed by atoms with E-state index in [0.717, 1.165) is 29.9 Å². The third-order valence-electron chi connectivity index (χ3n) is 7.28. The third kappa shape index (κ3) is 8.90. The van der Waals surface area contributed by atoms with Gasteiger partial charge < -0.3 is 34.9 Å². The molecule has 4 bridgehead atoms. The maximum atomic E-state index is 13.0. The summed E-state index contributed by atoms with van der Waals surface area (Å²) in [6.07, 6.45) is 0.490. The average Bonchev–Trinajstić information content (AvgIpc) is 2.99. The molecule has 5 rings (SSSR count). The highest BCUT2D eigenvalue weighted by Gasteiger charge is 2.31. The van der Waals surface area contributed by atoms with Crippen LogP contribution in [0.3, 0.4) is 0 Å². The van der Waals surface area contributed by atoms with Gasteiger partial charge in [0.2, 0.25) is 0 Å². The lowest BCUT2D eigenvalue weighted by Crippen LogP contribution is -2.56. The van der Waals surface area contributed by atoms with Crippen LogP contribution in [-0.4, -0.2) is 80.5 Å². The summed E-state index contributed by atoms with van der Waals surface area (Å²) >= 11 is 0. The van der Waals surface area contributed by atoms with Crippen molar-refractivity contribution < 1.29 is 28.5 Å². The van der Waals surface area contributed by atoms with Gasteiger partial charge in [-0.15, -0.1) is 0 Å². The first-order chi connectivity index (χ1) is 20.9. The normalized spacial score (nSPS) is 19.9. The number of hydrogen-bond donors (Lipinski definition) is 3. The Bertz CT molecular complexity index is 1400. The largest absolute Gasteiger partial charge is 0.491 e. The van der Waals surface area contributed by atoms with Crippen molar-refractivity contribution in [3.8, 4) is 17.2 Å². The Morgan fingerprint density at radius 3 is 2.72 bits per heavy atom. The van der Waals surface area contributed by atoms with E-state index >= 15 is 0 Å². The molecule has 0 aliphatic carbocycles. The topological polar surface area (TPSA) is 123 Å². The van der Waals surface area contributed by atoms with Gasteiger partial charge in [0.05, 0.1) is 31.1 Å². The van der Waals surface area contributed by atoms with E-state index in [-0.39, 0.29) is 37.2 Å². The van der Waals surface area contributed by atoms with Gasteiger partial charge in [-0.3, -0.25) is 14.7 Å². The van der Waals surface area contributed by atoms with Crippen molar-refractivity contribution in [2.24, 2.45) is 0 Å². The summed E-state index contributed by atoms with van der Waals surface area (Å²) in [6.45, 7) is 5.73. The number of piperidine rings is 1. The van der Waals surface area contributed by atoms with Crippen molar-refractivity contribution in [1.82, 2.24) is 25.8 Å². The molecule has 1 aromatic heterocycles. The van der Waals surface area contributed by atoms with Crippen LogP contribution in [0.4, 0.5) is 4.79 Å². The number of likely N-dealkylation sites (tertiary alicyclic amines) is 1. The molecule has 2 atom stereocenters. The number of hydrogen-bond acceptors (Lipinski definition) is 8. The summed E-state index contributed by atoms with van der Waals surface area (Å²) < 4.78 is 23.5. The van der Waals surface area contributed by atoms with E-state index in [9.17, 15) is 9.59 Å². The van der Waals surface area contributed by atoms with Gasteiger partial charge in [-0.25, -0.2) is 4.79 Å². The first kappa shape index (κ1) is 30.3. The minimum Gasteiger partial charge on any atom is -0.491 e. The summed E-state index contributed by atoms with van der Waals surface area (Å²) in [6, 6.07) is 18.3. The van der Waals surface area contributed by atoms with Gasteiger partial charge >= 0.3 is 6.03 Å². The molecule has 0 radical (unpaired) electrons. The number of carbonyl (C=O) groups is 2. The zero-order valence-electron chi connectivity index (χ0n) is 24.6. The molecule has 11 nitrogen and oxygen atoms in total. The van der Waals surface area contributed by atoms with Crippen LogP contribution in [0.2, 0.25) is 0 Å². The van der Waals surface area contributed by atoms with Crippen LogP contribution in [-0.2, 0) is 22.6 Å². The van der Waals surface area contributed by atoms with Crippen molar-refractivity contribution in [2.45, 2.75) is 38.6 Å². The van der Waals surface area contributed by atoms with Gasteiger partial charge in [0.25, 0.3) is 5.91 Å². The van der Waals surface area contributed by atoms with E-state index < -0.39 is 0 Å². The molecule has 43 heavy (non-hydrogen) atoms. The van der Waals surface area contributed by atoms with Crippen LogP contribution in [0.5, 0.6) is 17.2 Å². The molecule has 0 saturated carbocycles. The molecule has 3 N–H and O–H groups in total. The standard InChI is InChI=1S/C32H39N5O6/c1-22-5-3-7-25(35-22)19-37-12-9-29-30(20-37)42-21-23-6-4-8-26(15-23)43-28-17-24(16-27(18-28)41-14-13-40-2)31(38)33-10-11-34-32(39)36-29/h3-8,15-18,29-30H,9-14,19-21H2,1-2H3,(H,33,38)(H2,34,36,39)/t29-,30-/m0/s1. The summed E-state index contributed by atoms with van der Waals surface area (Å²) in [7, 11) is 1.60. The molecule has 3 amide bonds. The summed E-state index contributed by atoms with van der Waals surface area (Å²) in [5.41, 5.74) is 3.29. The van der Waals surface area contributed by atoms with Crippen LogP contribution >= 0.6 is 0 Å². The van der Waals surface area contributed by atoms with Crippen LogP contribution in [0.1, 0.15) is 33.7 Å². The van der Waals surface area contributed by atoms with Gasteiger partial charge in [0.15, 0.2) is 0 Å². The Morgan fingerprint density at radius 2 is 1.86 bits per heavy atom. The number of methoxy groups -OCH3 is 1. The third-order valence-corrected chi connectivity index (χ3v) is 7.28. The summed E-state index contributed by atoms with van der Waals surface area (Å²) in [5, 5.41) is 8.79. The number of rotatable bonds is 6. The van der Waals surface area contributed by atoms with Crippen LogP contribution < -0.4 is 25.4 Å². The molecule has 3 aromatic rings. The number of ether oxygens (including phenoxy) is 4. The Kier molecular flexibility index (Phi) is 10.4. The first-order valence-corrected chi connectivity index (χ1v) is 14.6. The number of nitrogens with zero attached hydrogens (tertiary/aromatic N) is 2. The van der Waals surface area contributed by atoms with Crippen molar-refractivity contribution in [3.05, 3.63) is 83.2 Å². The molecule has 2 aliphatic heterocycles. The second-order valence-corrected chi connectivity index (χ2v) is 10.7. The lowest BCUT2D eigenvalue weighted by molar-refractivity contribution is -0.0306. The lowest BCUT2D eigenvalue weighted by Gasteiger charge is -2.38. The van der Waals surface area contributed by atoms with E-state index in [1.165, 1.54) is 0 Å². The van der Waals surface area contributed by atoms with Gasteiger partial charge in [0.1, 0.15) is 23.9 Å². The highest BCUT2D eigenvalue weighted by atomic mass is 16.5. The van der Waals surface area contributed by atoms with Gasteiger partial charge in [0, 0.05) is 57.2 Å². The van der Waals surface area contributed by atoms with Crippen LogP contribution in [0, 0.1) is 6.92 Å². The number of amides is 3. The Morgan fingerprint density at radius 1 is 1.00 bits per heavy atom. The predicted molar refractivity (Wildman–Crippen MR) is 160 cm³/mol. The van der Waals surface area contributed by atoms with Crippen LogP contribution in [0.25, 0.3) is 0 Å². The molecular weight excluding hydrogens is 550 g/mol. The molecule has 1 saturated heterocycles. The summed E-state index contributed by atoms with van der Waals surface area (Å²) in [4.78, 5) is 32.8. The number of benzene rings is 2. The summed E-state index contributed by atoms with van der Waals surface area (Å²) in [5.74, 6) is 1.25. The fourth-order valence-corrected chi connectivity index (χ4v) is 5.17. The van der Waals surface area contributed by atoms with E-state index in [0.29, 0.717) is 55.7 Å². The molecule has 0 unspecified atom stereocenters. The molecule has 2 aliphatic rings. The quantitative estimate of drug-likeness (QED) is 0.374. The molecule has 11 heteroatoms. The maximum Gasteiger partial charge on any atom is 0.315 e. The number of fused-ring (bicyclic) bond motifs is 5. The van der Waals surface area contributed by atoms with Gasteiger partial charge in [-0.2, -0.15) is 0 Å². The Labute approximate surface area is 251 Å². The maximum absolute atomic E-state index is 13.0. The molecule has 1 fully saturated rings. The highest BCUT2D eigenvalue weighted by Crippen LogP contribution is 2.29. The van der Waals surface area contributed by atoms with E-state index in [4.69, 9.17) is 18.9 Å². The number of carbonyl (C=O) groups excluding carboxylic acids is 2. The van der Waals surface area contributed by atoms with Crippen molar-refractivity contribution >= 4 is 11.9 Å². The molecule has 228 valence electrons. The Balaban J connectivity index is 1.35. The smallest absolute Gasteiger partial charge is 0.315 e. The average molecular weight is 590 g/mol. The molecular formula is C32H39N5O6. The minimum atomic E-state index is -0.303. The molecule has 2 aromatic carbocycles. The lowest BCUT2D eigenvalue weighted by atomic mass is 10.0. The first-order valence-electron chi connectivity index (χ1n) is 14.6. The number of aryl methyl sites for hydroxylation is 1.